The van der Waals surface area contributed by atoms with Gasteiger partial charge in [-0.25, -0.2) is 4.79 Å². The standard InChI is InChI=1S/C33H45N5O4/c1-20-19-36(16-17-37(20)32(41)42-33(4,5)6)26-14-15-28-27(18-26)29(21(2)30(23-8-9-23)38(28)22(3)39)35-25-12-10-24(11-13-25)31(40)34-7/h10-15,18,20-21,23,29-30,35H,8-9,16-17,19H2,1-7H3,(H,34,40)/t20-,21+,29?,30?/m0/s1. The van der Waals surface area contributed by atoms with Crippen molar-refractivity contribution in [1.29, 1.82) is 0 Å². The van der Waals surface area contributed by atoms with Gasteiger partial charge in [0.1, 0.15) is 5.60 Å². The van der Waals surface area contributed by atoms with Gasteiger partial charge in [0.15, 0.2) is 0 Å². The van der Waals surface area contributed by atoms with Gasteiger partial charge in [-0.2, -0.15) is 0 Å². The van der Waals surface area contributed by atoms with Gasteiger partial charge < -0.3 is 30.1 Å². The molecule has 3 aliphatic rings. The van der Waals surface area contributed by atoms with Gasteiger partial charge >= 0.3 is 6.09 Å². The lowest BCUT2D eigenvalue weighted by atomic mass is 9.79. The lowest BCUT2D eigenvalue weighted by Crippen LogP contribution is -2.55. The SMILES string of the molecule is CNC(=O)c1ccc(NC2c3cc(N4CCN(C(=O)OC(C)(C)C)[C@@H](C)C4)ccc3N(C(C)=O)C(C3CC3)[C@@H]2C)cc1. The predicted molar refractivity (Wildman–Crippen MR) is 166 cm³/mol. The van der Waals surface area contributed by atoms with E-state index in [1.807, 2.05) is 54.8 Å². The molecule has 2 aromatic rings. The van der Waals surface area contributed by atoms with Crippen molar-refractivity contribution in [2.75, 3.05) is 41.8 Å². The van der Waals surface area contributed by atoms with Gasteiger partial charge in [-0.15, -0.1) is 0 Å². The zero-order valence-electron chi connectivity index (χ0n) is 25.9. The highest BCUT2D eigenvalue weighted by Gasteiger charge is 2.47. The Morgan fingerprint density at radius 1 is 0.976 bits per heavy atom. The van der Waals surface area contributed by atoms with Crippen LogP contribution in [0.25, 0.3) is 0 Å². The molecule has 9 nitrogen and oxygen atoms in total. The van der Waals surface area contributed by atoms with E-state index in [0.717, 1.165) is 35.5 Å². The lowest BCUT2D eigenvalue weighted by Gasteiger charge is -2.47. The molecule has 1 saturated carbocycles. The van der Waals surface area contributed by atoms with Crippen LogP contribution in [-0.4, -0.2) is 67.2 Å². The molecule has 2 aromatic carbocycles. The van der Waals surface area contributed by atoms with Crippen LogP contribution in [0.2, 0.25) is 0 Å². The molecule has 0 aromatic heterocycles. The molecule has 3 amide bonds. The molecule has 2 aliphatic heterocycles. The molecule has 0 spiro atoms. The van der Waals surface area contributed by atoms with E-state index in [0.29, 0.717) is 31.1 Å². The molecule has 2 fully saturated rings. The van der Waals surface area contributed by atoms with Crippen molar-refractivity contribution in [3.05, 3.63) is 53.6 Å². The van der Waals surface area contributed by atoms with Crippen LogP contribution in [-0.2, 0) is 9.53 Å². The van der Waals surface area contributed by atoms with Gasteiger partial charge in [0.2, 0.25) is 5.91 Å². The normalized spacial score (nSPS) is 24.1. The molecule has 5 rings (SSSR count). The molecule has 1 saturated heterocycles. The second-order valence-corrected chi connectivity index (χ2v) is 13.1. The fraction of sp³-hybridized carbons (Fsp3) is 0.545. The Bertz CT molecular complexity index is 1330. The summed E-state index contributed by atoms with van der Waals surface area (Å²) in [5.41, 5.74) is 4.13. The number of hydrogen-bond acceptors (Lipinski definition) is 6. The second-order valence-electron chi connectivity index (χ2n) is 13.1. The van der Waals surface area contributed by atoms with Crippen molar-refractivity contribution in [2.24, 2.45) is 11.8 Å². The first kappa shape index (κ1) is 29.7. The van der Waals surface area contributed by atoms with Gasteiger partial charge in [0.05, 0.1) is 6.04 Å². The molecule has 226 valence electrons. The first-order chi connectivity index (χ1) is 19.9. The topological polar surface area (TPSA) is 94.2 Å². The number of nitrogens with one attached hydrogen (secondary N) is 2. The van der Waals surface area contributed by atoms with Crippen LogP contribution in [0.1, 0.15) is 76.3 Å². The molecular weight excluding hydrogens is 530 g/mol. The number of anilines is 3. The number of amides is 3. The number of benzene rings is 2. The van der Waals surface area contributed by atoms with Gasteiger partial charge in [0, 0.05) is 79.8 Å². The Kier molecular flexibility index (Phi) is 8.14. The van der Waals surface area contributed by atoms with Crippen molar-refractivity contribution >= 4 is 35.0 Å². The summed E-state index contributed by atoms with van der Waals surface area (Å²) >= 11 is 0. The van der Waals surface area contributed by atoms with Crippen LogP contribution in [0.15, 0.2) is 42.5 Å². The van der Waals surface area contributed by atoms with Crippen LogP contribution >= 0.6 is 0 Å². The molecule has 4 atom stereocenters. The second kappa shape index (κ2) is 11.5. The van der Waals surface area contributed by atoms with E-state index in [9.17, 15) is 14.4 Å². The zero-order chi connectivity index (χ0) is 30.3. The molecular formula is C33H45N5O4. The fourth-order valence-corrected chi connectivity index (χ4v) is 6.58. The number of piperazine rings is 1. The first-order valence-corrected chi connectivity index (χ1v) is 15.1. The summed E-state index contributed by atoms with van der Waals surface area (Å²) in [6.07, 6.45) is 2.00. The van der Waals surface area contributed by atoms with Crippen LogP contribution in [0.4, 0.5) is 21.9 Å². The maximum atomic E-state index is 13.1. The Hall–Kier alpha value is -3.75. The maximum absolute atomic E-state index is 13.1. The fourth-order valence-electron chi connectivity index (χ4n) is 6.58. The van der Waals surface area contributed by atoms with Crippen LogP contribution in [0.5, 0.6) is 0 Å². The van der Waals surface area contributed by atoms with E-state index in [1.54, 1.807) is 14.0 Å². The Morgan fingerprint density at radius 2 is 1.67 bits per heavy atom. The smallest absolute Gasteiger partial charge is 0.410 e. The van der Waals surface area contributed by atoms with Crippen LogP contribution in [0, 0.1) is 11.8 Å². The molecule has 0 radical (unpaired) electrons. The number of nitrogens with zero attached hydrogens (tertiary/aromatic N) is 3. The lowest BCUT2D eigenvalue weighted by molar-refractivity contribution is -0.117. The highest BCUT2D eigenvalue weighted by Crippen LogP contribution is 2.50. The summed E-state index contributed by atoms with van der Waals surface area (Å²) in [6, 6.07) is 14.1. The van der Waals surface area contributed by atoms with Crippen LogP contribution < -0.4 is 20.4 Å². The number of carbonyl (C=O) groups is 3. The minimum Gasteiger partial charge on any atom is -0.444 e. The van der Waals surface area contributed by atoms with Crippen molar-refractivity contribution in [1.82, 2.24) is 10.2 Å². The van der Waals surface area contributed by atoms with Crippen molar-refractivity contribution < 1.29 is 19.1 Å². The summed E-state index contributed by atoms with van der Waals surface area (Å²) in [5.74, 6) is 0.624. The molecule has 1 aliphatic carbocycles. The molecule has 2 unspecified atom stereocenters. The number of fused-ring (bicyclic) bond motifs is 1. The number of carbonyl (C=O) groups excluding carboxylic acids is 3. The molecule has 2 heterocycles. The van der Waals surface area contributed by atoms with Gasteiger partial charge in [-0.1, -0.05) is 6.92 Å². The molecule has 0 bridgehead atoms. The monoisotopic (exact) mass is 575 g/mol. The summed E-state index contributed by atoms with van der Waals surface area (Å²) < 4.78 is 5.64. The first-order valence-electron chi connectivity index (χ1n) is 15.1. The summed E-state index contributed by atoms with van der Waals surface area (Å²) in [5, 5.41) is 6.44. The van der Waals surface area contributed by atoms with E-state index in [2.05, 4.69) is 47.6 Å². The third-order valence-corrected chi connectivity index (χ3v) is 8.73. The highest BCUT2D eigenvalue weighted by atomic mass is 16.6. The third-order valence-electron chi connectivity index (χ3n) is 8.73. The Balaban J connectivity index is 1.45. The number of rotatable bonds is 5. The van der Waals surface area contributed by atoms with E-state index in [1.165, 1.54) is 0 Å². The Labute approximate surface area is 249 Å². The third kappa shape index (κ3) is 6.05. The quantitative estimate of drug-likeness (QED) is 0.494. The van der Waals surface area contributed by atoms with Gasteiger partial charge in [-0.05, 0) is 88.9 Å². The van der Waals surface area contributed by atoms with E-state index in [-0.39, 0.29) is 42.0 Å². The van der Waals surface area contributed by atoms with Crippen LogP contribution in [0.3, 0.4) is 0 Å². The Morgan fingerprint density at radius 3 is 2.24 bits per heavy atom. The van der Waals surface area contributed by atoms with Gasteiger partial charge in [-0.3, -0.25) is 9.59 Å². The largest absolute Gasteiger partial charge is 0.444 e. The number of ether oxygens (including phenoxy) is 1. The van der Waals surface area contributed by atoms with E-state index in [4.69, 9.17) is 4.74 Å². The maximum Gasteiger partial charge on any atom is 0.410 e. The van der Waals surface area contributed by atoms with Gasteiger partial charge in [0.25, 0.3) is 5.91 Å². The van der Waals surface area contributed by atoms with Crippen molar-refractivity contribution in [2.45, 2.75) is 78.1 Å². The summed E-state index contributed by atoms with van der Waals surface area (Å²) in [6.45, 7) is 13.6. The van der Waals surface area contributed by atoms with E-state index >= 15 is 0 Å². The molecule has 2 N–H and O–H groups in total. The van der Waals surface area contributed by atoms with Crippen molar-refractivity contribution in [3.63, 3.8) is 0 Å². The highest BCUT2D eigenvalue weighted by molar-refractivity contribution is 5.95. The minimum absolute atomic E-state index is 0.00993. The molecule has 42 heavy (non-hydrogen) atoms. The average molecular weight is 576 g/mol. The predicted octanol–water partition coefficient (Wildman–Crippen LogP) is 5.43. The minimum atomic E-state index is -0.533. The summed E-state index contributed by atoms with van der Waals surface area (Å²) in [4.78, 5) is 44.1. The van der Waals surface area contributed by atoms with Crippen molar-refractivity contribution in [3.8, 4) is 0 Å². The summed E-state index contributed by atoms with van der Waals surface area (Å²) in [7, 11) is 1.63. The average Bonchev–Trinajstić information content (AvgIpc) is 3.78. The number of hydrogen-bond donors (Lipinski definition) is 2. The zero-order valence-corrected chi connectivity index (χ0v) is 25.9. The molecule has 9 heteroatoms. The van der Waals surface area contributed by atoms with E-state index < -0.39 is 5.60 Å².